The molecule has 0 heterocycles. The fourth-order valence-electron chi connectivity index (χ4n) is 11.1. The van der Waals surface area contributed by atoms with Gasteiger partial charge in [0.15, 0.2) is 6.10 Å². The largest absolute Gasteiger partial charge is 0.472 e. The monoisotopic (exact) mass is 1190 g/mol. The Hall–Kier alpha value is -1.51. The molecule has 1 N–H and O–H groups in total. The molecule has 0 aromatic carbocycles. The number of hydrogen-bond acceptors (Lipinski definition) is 7. The first-order valence-corrected chi connectivity index (χ1v) is 38.1. The molecule has 0 aromatic heterocycles. The minimum Gasteiger partial charge on any atom is -0.462 e. The summed E-state index contributed by atoms with van der Waals surface area (Å²) in [6, 6.07) is 0. The molecule has 0 bridgehead atoms. The Bertz CT molecular complexity index is 1450. The number of carbonyl (C=O) groups is 2. The third-order valence-electron chi connectivity index (χ3n) is 16.7. The topological polar surface area (TPSA) is 108 Å². The summed E-state index contributed by atoms with van der Waals surface area (Å²) in [7, 11) is 1.50. The second-order valence-corrected chi connectivity index (χ2v) is 27.8. The summed E-state index contributed by atoms with van der Waals surface area (Å²) >= 11 is 0. The third kappa shape index (κ3) is 69.5. The van der Waals surface area contributed by atoms with Crippen LogP contribution in [0.25, 0.3) is 0 Å². The van der Waals surface area contributed by atoms with E-state index in [1.54, 1.807) is 0 Å². The maximum Gasteiger partial charge on any atom is 0.472 e. The number of phosphoric acid groups is 1. The fraction of sp³-hybridized carbons (Fsp3) is 0.918. The van der Waals surface area contributed by atoms with Gasteiger partial charge >= 0.3 is 19.8 Å². The Morgan fingerprint density at radius 3 is 0.892 bits per heavy atom. The lowest BCUT2D eigenvalue weighted by atomic mass is 10.0. The highest BCUT2D eigenvalue weighted by Crippen LogP contribution is 2.43. The summed E-state index contributed by atoms with van der Waals surface area (Å²) in [5.41, 5.74) is 0. The highest BCUT2D eigenvalue weighted by molar-refractivity contribution is 7.47. The van der Waals surface area contributed by atoms with Crippen molar-refractivity contribution >= 4 is 19.8 Å². The Kier molecular flexibility index (Phi) is 63.8. The summed E-state index contributed by atoms with van der Waals surface area (Å²) in [6.45, 7) is 4.49. The van der Waals surface area contributed by atoms with Crippen molar-refractivity contribution in [2.45, 2.75) is 386 Å². The highest BCUT2D eigenvalue weighted by Gasteiger charge is 2.27. The number of phosphoric ester groups is 1. The molecule has 0 saturated carbocycles. The third-order valence-corrected chi connectivity index (χ3v) is 17.7. The second-order valence-electron chi connectivity index (χ2n) is 26.3. The SMILES string of the molecule is CCCCCCCCC/C=C\CCCCCCCCCC(=O)OCC(COP(=O)(O)OCC[N+](C)(C)C)OC(=O)CCCCCCCCCCCCCCCCCCCCCCCCCCCCCCC/C=C\CCCCCCCCCC. The van der Waals surface area contributed by atoms with E-state index in [9.17, 15) is 19.0 Å². The first-order chi connectivity index (χ1) is 40.5. The van der Waals surface area contributed by atoms with Crippen molar-refractivity contribution in [3.05, 3.63) is 24.3 Å². The number of hydrogen-bond donors (Lipinski definition) is 1. The Morgan fingerprint density at radius 1 is 0.361 bits per heavy atom. The number of nitrogens with zero attached hydrogens (tertiary/aromatic N) is 1. The standard InChI is InChI=1S/C73H142NO8P/c1-6-8-10-12-14-16-18-20-22-24-26-27-28-29-30-31-32-33-34-35-36-37-38-39-40-41-42-43-44-45-46-47-48-50-52-54-56-58-60-62-64-66-73(76)82-71(70-81-83(77,78)80-68-67-74(3,4)5)69-79-72(75)65-63-61-59-57-55-53-51-49-25-23-21-19-17-15-13-11-9-7-2/h23-26,71H,6-22,27-70H2,1-5H3/p+1/b25-23-,26-24-. The van der Waals surface area contributed by atoms with Gasteiger partial charge in [0.1, 0.15) is 19.8 Å². The Labute approximate surface area is 517 Å². The van der Waals surface area contributed by atoms with Gasteiger partial charge in [-0.1, -0.05) is 327 Å². The van der Waals surface area contributed by atoms with Gasteiger partial charge in [0.2, 0.25) is 0 Å². The minimum absolute atomic E-state index is 0.0344. The normalized spacial score (nSPS) is 13.2. The number of likely N-dealkylation sites (N-methyl/N-ethyl adjacent to an activating group) is 1. The van der Waals surface area contributed by atoms with Gasteiger partial charge in [-0.05, 0) is 64.2 Å². The lowest BCUT2D eigenvalue weighted by molar-refractivity contribution is -0.870. The summed E-state index contributed by atoms with van der Waals surface area (Å²) in [4.78, 5) is 35.8. The number of quaternary nitrogens is 1. The number of unbranched alkanes of at least 4 members (excludes halogenated alkanes) is 51. The van der Waals surface area contributed by atoms with E-state index in [0.29, 0.717) is 17.4 Å². The quantitative estimate of drug-likeness (QED) is 0.0211. The van der Waals surface area contributed by atoms with Crippen molar-refractivity contribution in [3.8, 4) is 0 Å². The molecule has 0 spiro atoms. The van der Waals surface area contributed by atoms with Crippen LogP contribution in [-0.4, -0.2) is 74.9 Å². The zero-order valence-corrected chi connectivity index (χ0v) is 57.1. The van der Waals surface area contributed by atoms with Crippen LogP contribution in [0.3, 0.4) is 0 Å². The van der Waals surface area contributed by atoms with Crippen LogP contribution < -0.4 is 0 Å². The Balaban J connectivity index is 3.85. The van der Waals surface area contributed by atoms with Crippen LogP contribution in [0.15, 0.2) is 24.3 Å². The van der Waals surface area contributed by atoms with Gasteiger partial charge in [0.05, 0.1) is 27.7 Å². The smallest absolute Gasteiger partial charge is 0.462 e. The van der Waals surface area contributed by atoms with Crippen LogP contribution >= 0.6 is 7.82 Å². The summed E-state index contributed by atoms with van der Waals surface area (Å²) in [5, 5.41) is 0. The first kappa shape index (κ1) is 81.5. The number of carbonyl (C=O) groups excluding carboxylic acids is 2. The predicted molar refractivity (Wildman–Crippen MR) is 358 cm³/mol. The van der Waals surface area contributed by atoms with Crippen LogP contribution in [0, 0.1) is 0 Å². The zero-order chi connectivity index (χ0) is 60.5. The lowest BCUT2D eigenvalue weighted by Crippen LogP contribution is -2.37. The van der Waals surface area contributed by atoms with E-state index in [4.69, 9.17) is 18.5 Å². The molecule has 0 fully saturated rings. The van der Waals surface area contributed by atoms with Crippen LogP contribution in [-0.2, 0) is 32.7 Å². The molecule has 0 amide bonds. The van der Waals surface area contributed by atoms with Gasteiger partial charge < -0.3 is 18.9 Å². The molecule has 0 rings (SSSR count). The van der Waals surface area contributed by atoms with Crippen LogP contribution in [0.2, 0.25) is 0 Å². The molecular formula is C73H143NO8P+. The van der Waals surface area contributed by atoms with Crippen molar-refractivity contribution in [2.75, 3.05) is 47.5 Å². The molecular weight excluding hydrogens is 1050 g/mol. The van der Waals surface area contributed by atoms with Crippen molar-refractivity contribution < 1.29 is 42.1 Å². The molecule has 0 saturated heterocycles. The first-order valence-electron chi connectivity index (χ1n) is 36.6. The van der Waals surface area contributed by atoms with Gasteiger partial charge in [0.25, 0.3) is 0 Å². The van der Waals surface area contributed by atoms with Crippen molar-refractivity contribution in [1.82, 2.24) is 0 Å². The van der Waals surface area contributed by atoms with Gasteiger partial charge in [-0.3, -0.25) is 18.6 Å². The summed E-state index contributed by atoms with van der Waals surface area (Å²) in [6.07, 6.45) is 81.8. The van der Waals surface area contributed by atoms with Crippen LogP contribution in [0.4, 0.5) is 0 Å². The molecule has 0 aliphatic carbocycles. The molecule has 0 radical (unpaired) electrons. The van der Waals surface area contributed by atoms with E-state index >= 15 is 0 Å². The number of esters is 2. The molecule has 0 aliphatic rings. The molecule has 10 heteroatoms. The van der Waals surface area contributed by atoms with E-state index in [1.165, 1.54) is 315 Å². The zero-order valence-electron chi connectivity index (χ0n) is 56.2. The number of rotatable bonds is 69. The number of allylic oxidation sites excluding steroid dienone is 4. The minimum atomic E-state index is -4.39. The average Bonchev–Trinajstić information content (AvgIpc) is 3.49. The number of ether oxygens (including phenoxy) is 2. The molecule has 0 aliphatic heterocycles. The van der Waals surface area contributed by atoms with E-state index < -0.39 is 26.5 Å². The van der Waals surface area contributed by atoms with E-state index in [0.717, 1.165) is 32.1 Å². The van der Waals surface area contributed by atoms with E-state index in [2.05, 4.69) is 38.2 Å². The lowest BCUT2D eigenvalue weighted by Gasteiger charge is -2.24. The van der Waals surface area contributed by atoms with E-state index in [1.807, 2.05) is 21.1 Å². The molecule has 492 valence electrons. The summed E-state index contributed by atoms with van der Waals surface area (Å²) in [5.74, 6) is -0.782. The van der Waals surface area contributed by atoms with Crippen LogP contribution in [0.5, 0.6) is 0 Å². The molecule has 83 heavy (non-hydrogen) atoms. The highest BCUT2D eigenvalue weighted by atomic mass is 31.2. The maximum atomic E-state index is 12.9. The van der Waals surface area contributed by atoms with Crippen molar-refractivity contribution in [2.24, 2.45) is 0 Å². The van der Waals surface area contributed by atoms with Crippen molar-refractivity contribution in [1.29, 1.82) is 0 Å². The predicted octanol–water partition coefficient (Wildman–Crippen LogP) is 23.7. The second kappa shape index (κ2) is 64.9. The molecule has 9 nitrogen and oxygen atoms in total. The fourth-order valence-corrected chi connectivity index (χ4v) is 11.8. The Morgan fingerprint density at radius 2 is 0.614 bits per heavy atom. The average molecular weight is 1190 g/mol. The van der Waals surface area contributed by atoms with Crippen LogP contribution in [0.1, 0.15) is 380 Å². The molecule has 2 atom stereocenters. The van der Waals surface area contributed by atoms with Gasteiger partial charge in [-0.2, -0.15) is 0 Å². The van der Waals surface area contributed by atoms with Gasteiger partial charge in [0, 0.05) is 12.8 Å². The molecule has 2 unspecified atom stereocenters. The summed E-state index contributed by atoms with van der Waals surface area (Å²) < 4.78 is 34.7. The van der Waals surface area contributed by atoms with Gasteiger partial charge in [-0.25, -0.2) is 4.57 Å². The maximum absolute atomic E-state index is 12.9. The van der Waals surface area contributed by atoms with Crippen molar-refractivity contribution in [3.63, 3.8) is 0 Å². The molecule has 0 aromatic rings. The van der Waals surface area contributed by atoms with E-state index in [-0.39, 0.29) is 32.0 Å². The van der Waals surface area contributed by atoms with Gasteiger partial charge in [-0.15, -0.1) is 0 Å².